The van der Waals surface area contributed by atoms with Crippen LogP contribution in [-0.2, 0) is 9.59 Å². The number of fused-ring (bicyclic) bond motifs is 2. The van der Waals surface area contributed by atoms with Crippen LogP contribution < -0.4 is 30.3 Å². The zero-order valence-electron chi connectivity index (χ0n) is 42.7. The number of hydrogen-bond donors (Lipinski definition) is 4. The molecule has 0 saturated carbocycles. The van der Waals surface area contributed by atoms with E-state index in [4.69, 9.17) is 31.3 Å². The average molecular weight is 1060 g/mol. The van der Waals surface area contributed by atoms with E-state index < -0.39 is 18.1 Å². The van der Waals surface area contributed by atoms with Crippen LogP contribution in [0.2, 0.25) is 5.02 Å². The maximum Gasteiger partial charge on any atom is 0.273 e. The van der Waals surface area contributed by atoms with Crippen LogP contribution in [0.4, 0.5) is 17.2 Å². The predicted octanol–water partition coefficient (Wildman–Crippen LogP) is 6.41. The number of amides is 2. The molecule has 8 heterocycles. The highest BCUT2D eigenvalue weighted by Crippen LogP contribution is 2.41. The Labute approximate surface area is 445 Å². The molecule has 4 fully saturated rings. The molecule has 2 aromatic carbocycles. The van der Waals surface area contributed by atoms with E-state index in [-0.39, 0.29) is 71.2 Å². The Morgan fingerprint density at radius 1 is 0.920 bits per heavy atom. The maximum atomic E-state index is 14.3. The van der Waals surface area contributed by atoms with Gasteiger partial charge < -0.3 is 50.0 Å². The number of aromatic hydroxyl groups is 1. The van der Waals surface area contributed by atoms with Crippen molar-refractivity contribution in [2.75, 3.05) is 87.7 Å². The number of carbonyl (C=O) groups is 2. The SMILES string of the molecule is Cc1ncsc1-c1ccc([C@H](C)NC(=O)C2C[C@@H](O)CN2C(=O)[C@H](c2onc(OCCN3CCN(CCOc4cc(N5C6CCC5CN(c5cc(-c7ccccc7O)nnc5N)C6)ccn4)CC3)c2Cl)C(C)C)cc1. The van der Waals surface area contributed by atoms with Crippen molar-refractivity contribution in [3.8, 4) is 39.2 Å². The zero-order valence-corrected chi connectivity index (χ0v) is 44.3. The smallest absolute Gasteiger partial charge is 0.273 e. The molecular weight excluding hydrogens is 996 g/mol. The van der Waals surface area contributed by atoms with Crippen molar-refractivity contribution < 1.29 is 33.8 Å². The number of aromatic nitrogens is 5. The van der Waals surface area contributed by atoms with E-state index in [1.807, 2.05) is 87.9 Å². The number of benzene rings is 2. The molecule has 2 amide bonds. The van der Waals surface area contributed by atoms with Crippen molar-refractivity contribution in [3.63, 3.8) is 0 Å². The van der Waals surface area contributed by atoms with Gasteiger partial charge in [-0.1, -0.05) is 61.8 Å². The largest absolute Gasteiger partial charge is 0.507 e. The van der Waals surface area contributed by atoms with E-state index in [9.17, 15) is 19.8 Å². The first-order valence-electron chi connectivity index (χ1n) is 25.8. The summed E-state index contributed by atoms with van der Waals surface area (Å²) >= 11 is 8.43. The number of phenolic OH excluding ortho intramolecular Hbond substituents is 1. The molecule has 0 radical (unpaired) electrons. The first kappa shape index (κ1) is 51.9. The lowest BCUT2D eigenvalue weighted by molar-refractivity contribution is -0.141. The van der Waals surface area contributed by atoms with Gasteiger partial charge in [0.2, 0.25) is 17.7 Å². The van der Waals surface area contributed by atoms with Gasteiger partial charge in [0.05, 0.1) is 39.6 Å². The van der Waals surface area contributed by atoms with Crippen LogP contribution in [-0.4, -0.2) is 158 Å². The van der Waals surface area contributed by atoms with Crippen molar-refractivity contribution in [1.29, 1.82) is 0 Å². The summed E-state index contributed by atoms with van der Waals surface area (Å²) in [5, 5.41) is 37.1. The number of nitrogen functional groups attached to an aromatic ring is 1. The molecule has 6 aromatic rings. The van der Waals surface area contributed by atoms with Gasteiger partial charge in [0, 0.05) is 101 Å². The minimum absolute atomic E-state index is 0.00786. The predicted molar refractivity (Wildman–Crippen MR) is 287 cm³/mol. The highest BCUT2D eigenvalue weighted by atomic mass is 35.5. The quantitative estimate of drug-likeness (QED) is 0.0730. The molecule has 4 saturated heterocycles. The number of anilines is 3. The Balaban J connectivity index is 0.666. The summed E-state index contributed by atoms with van der Waals surface area (Å²) in [6, 6.07) is 20.5. The van der Waals surface area contributed by atoms with Crippen LogP contribution >= 0.6 is 22.9 Å². The van der Waals surface area contributed by atoms with E-state index in [1.54, 1.807) is 23.5 Å². The summed E-state index contributed by atoms with van der Waals surface area (Å²) in [5.74, 6) is -0.430. The summed E-state index contributed by atoms with van der Waals surface area (Å²) < 4.78 is 18.0. The third-order valence-electron chi connectivity index (χ3n) is 15.1. The lowest BCUT2D eigenvalue weighted by Gasteiger charge is -2.43. The second-order valence-electron chi connectivity index (χ2n) is 20.3. The van der Waals surface area contributed by atoms with Gasteiger partial charge >= 0.3 is 0 Å². The zero-order chi connectivity index (χ0) is 52.3. The number of aliphatic hydroxyl groups excluding tert-OH is 1. The number of phenols is 1. The molecule has 4 aliphatic heterocycles. The van der Waals surface area contributed by atoms with Crippen molar-refractivity contribution in [3.05, 3.63) is 100 Å². The van der Waals surface area contributed by atoms with E-state index >= 15 is 0 Å². The number of pyridine rings is 1. The van der Waals surface area contributed by atoms with E-state index in [0.29, 0.717) is 42.7 Å². The second-order valence-corrected chi connectivity index (χ2v) is 21.6. The minimum atomic E-state index is -0.878. The number of β-amino-alcohol motifs (C(OH)–C–C–N with tert-alkyl or cyclic N) is 1. The fourth-order valence-corrected chi connectivity index (χ4v) is 12.1. The summed E-state index contributed by atoms with van der Waals surface area (Å²) in [6.45, 7) is 14.9. The number of nitrogens with zero attached hydrogens (tertiary/aromatic N) is 10. The number of piperazine rings is 2. The summed E-state index contributed by atoms with van der Waals surface area (Å²) in [7, 11) is 0. The van der Waals surface area contributed by atoms with Gasteiger partial charge in [-0.05, 0) is 73.2 Å². The molecule has 6 atom stereocenters. The second kappa shape index (κ2) is 22.7. The third-order valence-corrected chi connectivity index (χ3v) is 16.4. The van der Waals surface area contributed by atoms with Crippen LogP contribution in [0.25, 0.3) is 21.7 Å². The molecule has 75 heavy (non-hydrogen) atoms. The van der Waals surface area contributed by atoms with Crippen molar-refractivity contribution in [2.24, 2.45) is 5.92 Å². The normalized spacial score (nSPS) is 20.9. The molecule has 396 valence electrons. The van der Waals surface area contributed by atoms with Gasteiger partial charge in [0.15, 0.2) is 11.6 Å². The Morgan fingerprint density at radius 3 is 2.31 bits per heavy atom. The molecule has 0 aliphatic carbocycles. The van der Waals surface area contributed by atoms with Crippen molar-refractivity contribution in [2.45, 2.75) is 83.1 Å². The number of halogens is 1. The topological polar surface area (TPSA) is 225 Å². The number of aryl methyl sites for hydroxylation is 1. The number of carbonyl (C=O) groups excluding carboxylic acids is 2. The van der Waals surface area contributed by atoms with Gasteiger partial charge in [0.25, 0.3) is 5.88 Å². The number of nitrogens with two attached hydrogens (primary N) is 1. The lowest BCUT2D eigenvalue weighted by Crippen LogP contribution is -2.54. The average Bonchev–Trinajstić information content (AvgIpc) is 4.20. The molecular formula is C54H65ClN12O7S. The molecule has 5 N–H and O–H groups in total. The summed E-state index contributed by atoms with van der Waals surface area (Å²) in [4.78, 5) is 49.0. The highest BCUT2D eigenvalue weighted by Gasteiger charge is 2.45. The van der Waals surface area contributed by atoms with Gasteiger partial charge in [0.1, 0.15) is 35.9 Å². The third kappa shape index (κ3) is 11.4. The van der Waals surface area contributed by atoms with E-state index in [0.717, 1.165) is 91.7 Å². The standard InChI is InChI=1S/C54H65ClN12O7S/c1-32(2)47(54(71)66-30-40(68)26-44(66)52(70)59-33(3)35-9-11-36(12-10-35)50-34(4)58-31-75-50)49-48(55)53(62-74-49)73-24-22-64-19-17-63(18-20-64)21-23-72-46-25-37(15-16-57-46)67-38-13-14-39(67)29-65(28-38)43-27-42(60-61-51(43)56)41-7-5-6-8-45(41)69/h5-12,15-16,25,27,31-33,38-40,44,47,68-69H,13-14,17-24,26,28-30H2,1-4H3,(H2,56,61)(H,59,70)/t33-,38?,39?,40+,44?,47-/m0/s1. The number of para-hydroxylation sites is 1. The molecule has 2 bridgehead atoms. The number of thiazole rings is 1. The van der Waals surface area contributed by atoms with Crippen molar-refractivity contribution in [1.82, 2.24) is 45.3 Å². The molecule has 4 aromatic heterocycles. The Hall–Kier alpha value is -6.58. The minimum Gasteiger partial charge on any atom is -0.507 e. The number of nitrogens with one attached hydrogen (secondary N) is 1. The van der Waals surface area contributed by atoms with Crippen molar-refractivity contribution >= 4 is 51.9 Å². The monoisotopic (exact) mass is 1060 g/mol. The summed E-state index contributed by atoms with van der Waals surface area (Å²) in [5.41, 5.74) is 14.3. The van der Waals surface area contributed by atoms with Crippen LogP contribution in [0, 0.1) is 12.8 Å². The van der Waals surface area contributed by atoms with Crippen LogP contribution in [0.5, 0.6) is 17.5 Å². The molecule has 10 rings (SSSR count). The molecule has 3 unspecified atom stereocenters. The van der Waals surface area contributed by atoms with E-state index in [1.165, 1.54) is 4.90 Å². The Morgan fingerprint density at radius 2 is 1.63 bits per heavy atom. The van der Waals surface area contributed by atoms with Crippen LogP contribution in [0.3, 0.4) is 0 Å². The fraction of sp³-hybridized carbons (Fsp3) is 0.463. The number of ether oxygens (including phenoxy) is 2. The summed E-state index contributed by atoms with van der Waals surface area (Å²) in [6.07, 6.45) is 3.19. The van der Waals surface area contributed by atoms with Gasteiger partial charge in [-0.15, -0.1) is 21.5 Å². The van der Waals surface area contributed by atoms with Crippen LogP contribution in [0.1, 0.15) is 69.0 Å². The number of hydrogen-bond acceptors (Lipinski definition) is 18. The Bertz CT molecular complexity index is 2940. The number of rotatable bonds is 18. The molecule has 0 spiro atoms. The first-order valence-corrected chi connectivity index (χ1v) is 27.1. The molecule has 21 heteroatoms. The van der Waals surface area contributed by atoms with Crippen LogP contribution in [0.15, 0.2) is 83.0 Å². The number of likely N-dealkylation sites (tertiary alicyclic amines) is 1. The fourth-order valence-electron chi connectivity index (χ4n) is 11.1. The van der Waals surface area contributed by atoms with E-state index in [2.05, 4.69) is 56.3 Å². The van der Waals surface area contributed by atoms with Gasteiger partial charge in [-0.2, -0.15) is 0 Å². The lowest BCUT2D eigenvalue weighted by atomic mass is 9.91. The van der Waals surface area contributed by atoms with Gasteiger partial charge in [-0.3, -0.25) is 19.4 Å². The number of aliphatic hydroxyl groups is 1. The Kier molecular flexibility index (Phi) is 15.7. The highest BCUT2D eigenvalue weighted by molar-refractivity contribution is 7.13. The molecule has 19 nitrogen and oxygen atoms in total. The maximum absolute atomic E-state index is 14.3. The van der Waals surface area contributed by atoms with Gasteiger partial charge in [-0.25, -0.2) is 9.97 Å². The molecule has 4 aliphatic rings. The first-order chi connectivity index (χ1) is 36.3.